The number of ether oxygens (including phenoxy) is 1. The van der Waals surface area contributed by atoms with Gasteiger partial charge >= 0.3 is 12.0 Å². The predicted molar refractivity (Wildman–Crippen MR) is 64.3 cm³/mol. The summed E-state index contributed by atoms with van der Waals surface area (Å²) in [6.45, 7) is 2.34. The van der Waals surface area contributed by atoms with Crippen molar-refractivity contribution in [3.63, 3.8) is 0 Å². The second-order valence-corrected chi connectivity index (χ2v) is 4.96. The Morgan fingerprint density at radius 2 is 1.94 bits per heavy atom. The Labute approximate surface area is 106 Å². The highest BCUT2D eigenvalue weighted by Gasteiger charge is 2.29. The molecule has 6 heteroatoms. The van der Waals surface area contributed by atoms with Crippen molar-refractivity contribution in [2.45, 2.75) is 31.7 Å². The molecule has 0 aromatic carbocycles. The first-order valence-corrected chi connectivity index (χ1v) is 6.53. The number of aliphatic carboxylic acids is 1. The Hall–Kier alpha value is -1.30. The molecule has 0 radical (unpaired) electrons. The van der Waals surface area contributed by atoms with Gasteiger partial charge in [-0.05, 0) is 25.7 Å². The Morgan fingerprint density at radius 3 is 2.61 bits per heavy atom. The molecular formula is C12H20N2O4. The van der Waals surface area contributed by atoms with E-state index in [4.69, 9.17) is 9.84 Å². The van der Waals surface area contributed by atoms with Gasteiger partial charge < -0.3 is 20.1 Å². The van der Waals surface area contributed by atoms with Crippen molar-refractivity contribution in [3.05, 3.63) is 0 Å². The largest absolute Gasteiger partial charge is 0.481 e. The summed E-state index contributed by atoms with van der Waals surface area (Å²) >= 11 is 0. The van der Waals surface area contributed by atoms with Gasteiger partial charge in [-0.2, -0.15) is 0 Å². The average Bonchev–Trinajstić information content (AvgIpc) is 2.40. The summed E-state index contributed by atoms with van der Waals surface area (Å²) in [4.78, 5) is 24.6. The van der Waals surface area contributed by atoms with E-state index in [0.29, 0.717) is 32.7 Å². The third-order valence-corrected chi connectivity index (χ3v) is 3.61. The number of amides is 2. The normalized spacial score (nSPS) is 25.8. The van der Waals surface area contributed by atoms with E-state index >= 15 is 0 Å². The number of hydrogen-bond donors (Lipinski definition) is 2. The molecule has 2 amide bonds. The quantitative estimate of drug-likeness (QED) is 0.761. The highest BCUT2D eigenvalue weighted by molar-refractivity contribution is 5.76. The fourth-order valence-electron chi connectivity index (χ4n) is 2.47. The molecule has 2 fully saturated rings. The predicted octanol–water partition coefficient (Wildman–Crippen LogP) is 0.672. The van der Waals surface area contributed by atoms with Crippen LogP contribution in [0.15, 0.2) is 0 Å². The molecule has 18 heavy (non-hydrogen) atoms. The van der Waals surface area contributed by atoms with Crippen LogP contribution in [0, 0.1) is 5.92 Å². The number of hydrogen-bond acceptors (Lipinski definition) is 3. The van der Waals surface area contributed by atoms with Gasteiger partial charge in [0.15, 0.2) is 0 Å². The molecule has 102 valence electrons. The summed E-state index contributed by atoms with van der Waals surface area (Å²) in [5.74, 6) is -1.22. The number of carboxylic acid groups (broad SMARTS) is 1. The number of piperidine rings is 1. The van der Waals surface area contributed by atoms with Gasteiger partial charge in [-0.15, -0.1) is 0 Å². The van der Waals surface area contributed by atoms with Crippen molar-refractivity contribution in [2.24, 2.45) is 5.92 Å². The molecule has 6 nitrogen and oxygen atoms in total. The van der Waals surface area contributed by atoms with Crippen LogP contribution in [-0.2, 0) is 9.53 Å². The average molecular weight is 256 g/mol. The Morgan fingerprint density at radius 1 is 1.22 bits per heavy atom. The second kappa shape index (κ2) is 6.04. The van der Waals surface area contributed by atoms with Crippen LogP contribution in [0.1, 0.15) is 25.7 Å². The number of nitrogens with one attached hydrogen (secondary N) is 1. The Kier molecular flexibility index (Phi) is 4.41. The smallest absolute Gasteiger partial charge is 0.317 e. The summed E-state index contributed by atoms with van der Waals surface area (Å²) in [7, 11) is 0. The number of urea groups is 1. The molecule has 2 aliphatic heterocycles. The third kappa shape index (κ3) is 3.35. The number of carbonyl (C=O) groups is 2. The van der Waals surface area contributed by atoms with Gasteiger partial charge in [0.2, 0.25) is 0 Å². The number of carbonyl (C=O) groups excluding carboxylic acids is 1. The minimum absolute atomic E-state index is 0.132. The topological polar surface area (TPSA) is 78.9 Å². The summed E-state index contributed by atoms with van der Waals surface area (Å²) < 4.78 is 5.23. The Balaban J connectivity index is 1.82. The van der Waals surface area contributed by atoms with Crippen LogP contribution in [-0.4, -0.2) is 54.4 Å². The molecule has 2 saturated heterocycles. The van der Waals surface area contributed by atoms with E-state index in [1.807, 2.05) is 0 Å². The maximum Gasteiger partial charge on any atom is 0.317 e. The van der Waals surface area contributed by atoms with E-state index in [1.54, 1.807) is 4.90 Å². The molecule has 0 bridgehead atoms. The molecule has 0 saturated carbocycles. The lowest BCUT2D eigenvalue weighted by atomic mass is 9.98. The molecule has 0 spiro atoms. The minimum Gasteiger partial charge on any atom is -0.481 e. The van der Waals surface area contributed by atoms with Crippen LogP contribution in [0.3, 0.4) is 0 Å². The van der Waals surface area contributed by atoms with E-state index in [2.05, 4.69) is 5.32 Å². The summed E-state index contributed by atoms with van der Waals surface area (Å²) in [6.07, 6.45) is 3.10. The highest BCUT2D eigenvalue weighted by Crippen LogP contribution is 2.17. The van der Waals surface area contributed by atoms with E-state index in [9.17, 15) is 9.59 Å². The van der Waals surface area contributed by atoms with Crippen molar-refractivity contribution >= 4 is 12.0 Å². The first kappa shape index (κ1) is 13.1. The maximum atomic E-state index is 12.0. The molecular weight excluding hydrogens is 236 g/mol. The van der Waals surface area contributed by atoms with Gasteiger partial charge in [0.25, 0.3) is 0 Å². The molecule has 2 rings (SSSR count). The zero-order valence-electron chi connectivity index (χ0n) is 10.4. The maximum absolute atomic E-state index is 12.0. The summed E-state index contributed by atoms with van der Waals surface area (Å²) in [5.41, 5.74) is 0. The van der Waals surface area contributed by atoms with E-state index < -0.39 is 11.9 Å². The molecule has 0 aromatic rings. The molecule has 2 N–H and O–H groups in total. The van der Waals surface area contributed by atoms with Gasteiger partial charge in [-0.3, -0.25) is 4.79 Å². The SMILES string of the molecule is O=C(O)[C@@H]1CCCN(C(=O)NC2CCOCC2)C1. The zero-order valence-corrected chi connectivity index (χ0v) is 10.4. The van der Waals surface area contributed by atoms with Crippen molar-refractivity contribution in [1.82, 2.24) is 10.2 Å². The molecule has 0 aromatic heterocycles. The Bertz CT molecular complexity index is 315. The number of nitrogens with zero attached hydrogens (tertiary/aromatic N) is 1. The van der Waals surface area contributed by atoms with Gasteiger partial charge in [0.05, 0.1) is 5.92 Å². The standard InChI is InChI=1S/C12H20N2O4/c15-11(16)9-2-1-5-14(8-9)12(17)13-10-3-6-18-7-4-10/h9-10H,1-8H2,(H,13,17)(H,15,16)/t9-/m1/s1. The summed E-state index contributed by atoms with van der Waals surface area (Å²) in [5, 5.41) is 11.9. The highest BCUT2D eigenvalue weighted by atomic mass is 16.5. The molecule has 0 unspecified atom stereocenters. The van der Waals surface area contributed by atoms with Crippen molar-refractivity contribution in [3.8, 4) is 0 Å². The number of rotatable bonds is 2. The van der Waals surface area contributed by atoms with Gasteiger partial charge in [-0.25, -0.2) is 4.79 Å². The first-order chi connectivity index (χ1) is 8.66. The van der Waals surface area contributed by atoms with Gasteiger partial charge in [0, 0.05) is 32.3 Å². The zero-order chi connectivity index (χ0) is 13.0. The van der Waals surface area contributed by atoms with Gasteiger partial charge in [0.1, 0.15) is 0 Å². The van der Waals surface area contributed by atoms with Crippen LogP contribution in [0.2, 0.25) is 0 Å². The van der Waals surface area contributed by atoms with Crippen molar-refractivity contribution in [2.75, 3.05) is 26.3 Å². The second-order valence-electron chi connectivity index (χ2n) is 4.96. The first-order valence-electron chi connectivity index (χ1n) is 6.53. The molecule has 2 heterocycles. The van der Waals surface area contributed by atoms with E-state index in [0.717, 1.165) is 19.3 Å². The molecule has 0 aliphatic carbocycles. The van der Waals surface area contributed by atoms with Crippen LogP contribution in [0.25, 0.3) is 0 Å². The molecule has 2 aliphatic rings. The van der Waals surface area contributed by atoms with Crippen LogP contribution >= 0.6 is 0 Å². The monoisotopic (exact) mass is 256 g/mol. The fraction of sp³-hybridized carbons (Fsp3) is 0.833. The van der Waals surface area contributed by atoms with E-state index in [1.165, 1.54) is 0 Å². The molecule has 1 atom stereocenters. The lowest BCUT2D eigenvalue weighted by molar-refractivity contribution is -0.143. The fourth-order valence-corrected chi connectivity index (χ4v) is 2.47. The lowest BCUT2D eigenvalue weighted by Gasteiger charge is -2.33. The third-order valence-electron chi connectivity index (χ3n) is 3.61. The van der Waals surface area contributed by atoms with Crippen molar-refractivity contribution in [1.29, 1.82) is 0 Å². The van der Waals surface area contributed by atoms with Gasteiger partial charge in [-0.1, -0.05) is 0 Å². The van der Waals surface area contributed by atoms with Crippen LogP contribution < -0.4 is 5.32 Å². The number of likely N-dealkylation sites (tertiary alicyclic amines) is 1. The summed E-state index contributed by atoms with van der Waals surface area (Å²) in [6, 6.07) is 0.0318. The number of carboxylic acids is 1. The van der Waals surface area contributed by atoms with Crippen LogP contribution in [0.5, 0.6) is 0 Å². The van der Waals surface area contributed by atoms with E-state index in [-0.39, 0.29) is 12.1 Å². The lowest BCUT2D eigenvalue weighted by Crippen LogP contribution is -2.50. The van der Waals surface area contributed by atoms with Crippen LogP contribution in [0.4, 0.5) is 4.79 Å². The van der Waals surface area contributed by atoms with Crippen molar-refractivity contribution < 1.29 is 19.4 Å². The minimum atomic E-state index is -0.807.